The van der Waals surface area contributed by atoms with Crippen molar-refractivity contribution in [3.63, 3.8) is 0 Å². The van der Waals surface area contributed by atoms with Crippen LogP contribution in [0.3, 0.4) is 0 Å². The molecule has 0 radical (unpaired) electrons. The number of carboxylic acids is 1. The number of rotatable bonds is 4. The average Bonchev–Trinajstić information content (AvgIpc) is 3.18. The number of para-hydroxylation sites is 1. The first-order chi connectivity index (χ1) is 12.6. The minimum absolute atomic E-state index is 0.0692. The third kappa shape index (κ3) is 2.82. The number of carboxylic acid groups (broad SMARTS) is 1. The van der Waals surface area contributed by atoms with Gasteiger partial charge in [-0.05, 0) is 12.1 Å². The normalized spacial score (nSPS) is 24.3. The fraction of sp³-hybridized carbons (Fsp3) is 0.474. The highest BCUT2D eigenvalue weighted by atomic mass is 16.5. The number of benzene rings is 1. The summed E-state index contributed by atoms with van der Waals surface area (Å²) in [5.74, 6) is -0.0128. The smallest absolute Gasteiger partial charge is 0.326 e. The minimum Gasteiger partial charge on any atom is -0.480 e. The molecule has 1 atom stereocenters. The van der Waals surface area contributed by atoms with Crippen LogP contribution >= 0.6 is 0 Å². The molecule has 2 aromatic rings. The van der Waals surface area contributed by atoms with Gasteiger partial charge in [0.05, 0.1) is 18.7 Å². The van der Waals surface area contributed by atoms with E-state index in [0.717, 1.165) is 22.3 Å². The molecule has 0 bridgehead atoms. The van der Waals surface area contributed by atoms with Crippen LogP contribution in [0.2, 0.25) is 0 Å². The van der Waals surface area contributed by atoms with Crippen molar-refractivity contribution in [2.75, 3.05) is 44.3 Å². The largest absolute Gasteiger partial charge is 0.480 e. The number of piperazine rings is 1. The van der Waals surface area contributed by atoms with Gasteiger partial charge in [0.25, 0.3) is 0 Å². The van der Waals surface area contributed by atoms with Gasteiger partial charge < -0.3 is 19.8 Å². The molecule has 3 heterocycles. The highest BCUT2D eigenvalue weighted by Crippen LogP contribution is 2.30. The van der Waals surface area contributed by atoms with E-state index in [1.807, 2.05) is 35.2 Å². The van der Waals surface area contributed by atoms with Gasteiger partial charge in [-0.25, -0.2) is 4.98 Å². The molecule has 0 saturated carbocycles. The lowest BCUT2D eigenvalue weighted by Gasteiger charge is -2.43. The molecule has 138 valence electrons. The van der Waals surface area contributed by atoms with Crippen LogP contribution in [-0.4, -0.2) is 71.0 Å². The quantitative estimate of drug-likeness (QED) is 0.847. The third-order valence-corrected chi connectivity index (χ3v) is 5.53. The lowest BCUT2D eigenvalue weighted by molar-refractivity contribution is -0.152. The second-order valence-corrected chi connectivity index (χ2v) is 6.94. The maximum Gasteiger partial charge on any atom is 0.326 e. The van der Waals surface area contributed by atoms with Crippen LogP contribution in [0.4, 0.5) is 5.82 Å². The topological polar surface area (TPSA) is 86.1 Å². The Hall–Kier alpha value is -2.22. The number of aliphatic carboxylic acids is 1. The number of fused-ring (bicyclic) bond motifs is 1. The van der Waals surface area contributed by atoms with Gasteiger partial charge in [-0.15, -0.1) is 0 Å². The number of pyridine rings is 1. The van der Waals surface area contributed by atoms with Crippen molar-refractivity contribution in [3.05, 3.63) is 35.9 Å². The van der Waals surface area contributed by atoms with Gasteiger partial charge in [-0.3, -0.25) is 9.69 Å². The summed E-state index contributed by atoms with van der Waals surface area (Å²) in [4.78, 5) is 20.8. The van der Waals surface area contributed by atoms with Gasteiger partial charge in [-0.2, -0.15) is 0 Å². The van der Waals surface area contributed by atoms with Crippen LogP contribution in [0.5, 0.6) is 0 Å². The Labute approximate surface area is 151 Å². The Balaban J connectivity index is 1.56. The Kier molecular flexibility index (Phi) is 4.52. The maximum absolute atomic E-state index is 11.8. The number of aliphatic hydroxyl groups is 1. The summed E-state index contributed by atoms with van der Waals surface area (Å²) >= 11 is 0. The Morgan fingerprint density at radius 2 is 2.00 bits per heavy atom. The zero-order valence-corrected chi connectivity index (χ0v) is 14.6. The van der Waals surface area contributed by atoms with Gasteiger partial charge in [0.2, 0.25) is 0 Å². The van der Waals surface area contributed by atoms with Gasteiger partial charge in [0.1, 0.15) is 11.4 Å². The Morgan fingerprint density at radius 1 is 1.23 bits per heavy atom. The summed E-state index contributed by atoms with van der Waals surface area (Å²) in [6.45, 7) is 3.29. The first kappa shape index (κ1) is 17.2. The maximum atomic E-state index is 11.8. The van der Waals surface area contributed by atoms with Crippen LogP contribution in [0.15, 0.2) is 30.3 Å². The summed E-state index contributed by atoms with van der Waals surface area (Å²) in [5.41, 5.74) is 0.797. The van der Waals surface area contributed by atoms with Crippen LogP contribution in [0.25, 0.3) is 10.9 Å². The molecule has 0 aliphatic carbocycles. The summed E-state index contributed by atoms with van der Waals surface area (Å²) in [6, 6.07) is 9.84. The second-order valence-electron chi connectivity index (χ2n) is 6.94. The standard InChI is InChI=1S/C19H23N3O4/c23-12-15-11-14-3-1-2-4-16(14)20-17(15)21-6-8-22(9-7-21)19(18(24)25)5-10-26-13-19/h1-4,11,23H,5-10,12-13H2,(H,24,25). The number of anilines is 1. The van der Waals surface area contributed by atoms with Crippen LogP contribution in [-0.2, 0) is 16.1 Å². The molecule has 1 aromatic heterocycles. The summed E-state index contributed by atoms with van der Waals surface area (Å²) in [6.07, 6.45) is 0.526. The zero-order chi connectivity index (χ0) is 18.1. The van der Waals surface area contributed by atoms with E-state index < -0.39 is 11.5 Å². The highest BCUT2D eigenvalue weighted by molar-refractivity contribution is 5.82. The van der Waals surface area contributed by atoms with Crippen LogP contribution in [0.1, 0.15) is 12.0 Å². The molecule has 2 aliphatic rings. The number of aromatic nitrogens is 1. The van der Waals surface area contributed by atoms with Crippen molar-refractivity contribution in [1.29, 1.82) is 0 Å². The van der Waals surface area contributed by atoms with Gasteiger partial charge in [-0.1, -0.05) is 18.2 Å². The number of carbonyl (C=O) groups is 1. The lowest BCUT2D eigenvalue weighted by atomic mass is 9.95. The highest BCUT2D eigenvalue weighted by Gasteiger charge is 2.48. The van der Waals surface area contributed by atoms with Crippen molar-refractivity contribution < 1.29 is 19.7 Å². The molecule has 26 heavy (non-hydrogen) atoms. The fourth-order valence-corrected chi connectivity index (χ4v) is 3.99. The van der Waals surface area contributed by atoms with E-state index >= 15 is 0 Å². The number of hydrogen-bond donors (Lipinski definition) is 2. The number of hydrogen-bond acceptors (Lipinski definition) is 6. The third-order valence-electron chi connectivity index (χ3n) is 5.53. The van der Waals surface area contributed by atoms with Gasteiger partial charge in [0, 0.05) is 50.2 Å². The fourth-order valence-electron chi connectivity index (χ4n) is 3.99. The van der Waals surface area contributed by atoms with Gasteiger partial charge >= 0.3 is 5.97 Å². The van der Waals surface area contributed by atoms with E-state index in [9.17, 15) is 15.0 Å². The van der Waals surface area contributed by atoms with E-state index in [1.54, 1.807) is 0 Å². The molecule has 2 N–H and O–H groups in total. The predicted octanol–water partition coefficient (Wildman–Crippen LogP) is 1.09. The predicted molar refractivity (Wildman–Crippen MR) is 97.3 cm³/mol. The van der Waals surface area contributed by atoms with Crippen molar-refractivity contribution in [2.24, 2.45) is 0 Å². The molecule has 0 amide bonds. The Bertz CT molecular complexity index is 812. The molecule has 4 rings (SSSR count). The molecular weight excluding hydrogens is 334 g/mol. The monoisotopic (exact) mass is 357 g/mol. The Morgan fingerprint density at radius 3 is 2.65 bits per heavy atom. The molecule has 1 aromatic carbocycles. The summed E-state index contributed by atoms with van der Waals surface area (Å²) in [5, 5.41) is 20.5. The molecule has 2 aliphatic heterocycles. The SMILES string of the molecule is O=C(O)C1(N2CCN(c3nc4ccccc4cc3CO)CC2)CCOC1. The van der Waals surface area contributed by atoms with E-state index in [4.69, 9.17) is 9.72 Å². The van der Waals surface area contributed by atoms with E-state index in [-0.39, 0.29) is 13.2 Å². The lowest BCUT2D eigenvalue weighted by Crippen LogP contribution is -2.61. The summed E-state index contributed by atoms with van der Waals surface area (Å²) < 4.78 is 5.39. The van der Waals surface area contributed by atoms with E-state index in [0.29, 0.717) is 39.2 Å². The number of nitrogens with zero attached hydrogens (tertiary/aromatic N) is 3. The summed E-state index contributed by atoms with van der Waals surface area (Å²) in [7, 11) is 0. The molecule has 7 heteroatoms. The van der Waals surface area contributed by atoms with Crippen LogP contribution < -0.4 is 4.90 Å². The van der Waals surface area contributed by atoms with Crippen molar-refractivity contribution in [1.82, 2.24) is 9.88 Å². The zero-order valence-electron chi connectivity index (χ0n) is 14.6. The average molecular weight is 357 g/mol. The van der Waals surface area contributed by atoms with E-state index in [1.165, 1.54) is 0 Å². The van der Waals surface area contributed by atoms with Crippen LogP contribution in [0, 0.1) is 0 Å². The van der Waals surface area contributed by atoms with Gasteiger partial charge in [0.15, 0.2) is 0 Å². The first-order valence-electron chi connectivity index (χ1n) is 8.95. The molecule has 1 unspecified atom stereocenters. The van der Waals surface area contributed by atoms with Crippen molar-refractivity contribution in [2.45, 2.75) is 18.6 Å². The molecular formula is C19H23N3O4. The number of ether oxygens (including phenoxy) is 1. The molecule has 2 fully saturated rings. The van der Waals surface area contributed by atoms with Crippen molar-refractivity contribution in [3.8, 4) is 0 Å². The number of aliphatic hydroxyl groups excluding tert-OH is 1. The molecule has 0 spiro atoms. The minimum atomic E-state index is -0.900. The molecule has 7 nitrogen and oxygen atoms in total. The molecule has 2 saturated heterocycles. The first-order valence-corrected chi connectivity index (χ1v) is 8.95. The van der Waals surface area contributed by atoms with E-state index in [2.05, 4.69) is 4.90 Å². The van der Waals surface area contributed by atoms with Crippen molar-refractivity contribution >= 4 is 22.7 Å². The second kappa shape index (κ2) is 6.83.